The summed E-state index contributed by atoms with van der Waals surface area (Å²) < 4.78 is 0. The molecular formula is C12H17NO3. The molecule has 0 unspecified atom stereocenters. The van der Waals surface area contributed by atoms with Crippen molar-refractivity contribution in [3.05, 3.63) is 0 Å². The van der Waals surface area contributed by atoms with E-state index in [0.29, 0.717) is 32.2 Å². The number of carboxylic acid groups (broad SMARTS) is 1. The minimum atomic E-state index is -0.747. The summed E-state index contributed by atoms with van der Waals surface area (Å²) in [7, 11) is 1.69. The third-order valence-electron chi connectivity index (χ3n) is 3.13. The summed E-state index contributed by atoms with van der Waals surface area (Å²) in [5, 5.41) is 8.83. The molecule has 0 bridgehead atoms. The number of carboxylic acids is 1. The number of nitrogens with zero attached hydrogens (tertiary/aromatic N) is 1. The molecule has 0 aliphatic heterocycles. The lowest BCUT2D eigenvalue weighted by molar-refractivity contribution is -0.145. The van der Waals surface area contributed by atoms with Crippen LogP contribution in [0.3, 0.4) is 0 Å². The molecule has 4 nitrogen and oxygen atoms in total. The van der Waals surface area contributed by atoms with Crippen LogP contribution in [0, 0.1) is 24.2 Å². The van der Waals surface area contributed by atoms with E-state index in [4.69, 9.17) is 11.5 Å². The zero-order valence-corrected chi connectivity index (χ0v) is 9.48. The van der Waals surface area contributed by atoms with E-state index < -0.39 is 5.97 Å². The first kappa shape index (κ1) is 12.6. The first-order valence-electron chi connectivity index (χ1n) is 5.47. The normalized spacial score (nSPS) is 24.5. The quantitative estimate of drug-likeness (QED) is 0.725. The number of rotatable bonds is 3. The van der Waals surface area contributed by atoms with E-state index in [1.165, 1.54) is 4.90 Å². The molecule has 0 aromatic rings. The highest BCUT2D eigenvalue weighted by Gasteiger charge is 2.30. The summed E-state index contributed by atoms with van der Waals surface area (Å²) in [4.78, 5) is 24.1. The highest BCUT2D eigenvalue weighted by molar-refractivity contribution is 5.79. The van der Waals surface area contributed by atoms with E-state index in [0.717, 1.165) is 0 Å². The Hall–Kier alpha value is -1.50. The predicted octanol–water partition coefficient (Wildman–Crippen LogP) is 0.969. The van der Waals surface area contributed by atoms with Gasteiger partial charge in [-0.05, 0) is 25.7 Å². The monoisotopic (exact) mass is 223 g/mol. The first-order chi connectivity index (χ1) is 7.56. The molecular weight excluding hydrogens is 206 g/mol. The van der Waals surface area contributed by atoms with Gasteiger partial charge in [-0.2, -0.15) is 0 Å². The maximum atomic E-state index is 11.8. The molecule has 0 aromatic carbocycles. The number of amides is 1. The molecule has 0 radical (unpaired) electrons. The van der Waals surface area contributed by atoms with E-state index in [1.54, 1.807) is 7.05 Å². The van der Waals surface area contributed by atoms with Gasteiger partial charge in [-0.3, -0.25) is 9.59 Å². The van der Waals surface area contributed by atoms with Gasteiger partial charge < -0.3 is 10.0 Å². The fourth-order valence-corrected chi connectivity index (χ4v) is 2.11. The smallest absolute Gasteiger partial charge is 0.306 e. The minimum Gasteiger partial charge on any atom is -0.481 e. The van der Waals surface area contributed by atoms with Crippen LogP contribution in [0.1, 0.15) is 25.7 Å². The third-order valence-corrected chi connectivity index (χ3v) is 3.13. The Bertz CT molecular complexity index is 311. The van der Waals surface area contributed by atoms with Crippen LogP contribution in [-0.4, -0.2) is 35.5 Å². The lowest BCUT2D eigenvalue weighted by Crippen LogP contribution is -2.36. The van der Waals surface area contributed by atoms with Gasteiger partial charge in [0, 0.05) is 13.0 Å². The van der Waals surface area contributed by atoms with Gasteiger partial charge in [0.05, 0.1) is 12.5 Å². The lowest BCUT2D eigenvalue weighted by atomic mass is 9.81. The van der Waals surface area contributed by atoms with Crippen molar-refractivity contribution in [2.45, 2.75) is 25.7 Å². The molecule has 16 heavy (non-hydrogen) atoms. The Balaban J connectivity index is 2.45. The van der Waals surface area contributed by atoms with Crippen molar-refractivity contribution < 1.29 is 14.7 Å². The fourth-order valence-electron chi connectivity index (χ4n) is 2.11. The molecule has 88 valence electrons. The van der Waals surface area contributed by atoms with Gasteiger partial charge >= 0.3 is 5.97 Å². The average Bonchev–Trinajstić information content (AvgIpc) is 2.28. The van der Waals surface area contributed by atoms with Crippen molar-refractivity contribution in [2.75, 3.05) is 13.6 Å². The van der Waals surface area contributed by atoms with Gasteiger partial charge in [0.2, 0.25) is 5.91 Å². The maximum absolute atomic E-state index is 11.8. The second kappa shape index (κ2) is 5.55. The van der Waals surface area contributed by atoms with Gasteiger partial charge in [0.25, 0.3) is 0 Å². The molecule has 1 fully saturated rings. The van der Waals surface area contributed by atoms with Crippen molar-refractivity contribution in [3.8, 4) is 12.3 Å². The van der Waals surface area contributed by atoms with Gasteiger partial charge in [-0.25, -0.2) is 0 Å². The van der Waals surface area contributed by atoms with E-state index in [2.05, 4.69) is 5.92 Å². The molecule has 1 aliphatic rings. The van der Waals surface area contributed by atoms with E-state index in [9.17, 15) is 9.59 Å². The molecule has 0 atom stereocenters. The van der Waals surface area contributed by atoms with E-state index >= 15 is 0 Å². The molecule has 1 N–H and O–H groups in total. The van der Waals surface area contributed by atoms with Crippen LogP contribution in [0.5, 0.6) is 0 Å². The maximum Gasteiger partial charge on any atom is 0.306 e. The van der Waals surface area contributed by atoms with Crippen molar-refractivity contribution in [1.29, 1.82) is 0 Å². The molecule has 0 spiro atoms. The SMILES string of the molecule is C#CCN(C)C(=O)C1CCC(C(=O)O)CC1. The molecule has 1 aliphatic carbocycles. The molecule has 0 heterocycles. The fraction of sp³-hybridized carbons (Fsp3) is 0.667. The number of hydrogen-bond donors (Lipinski definition) is 1. The van der Waals surface area contributed by atoms with Crippen LogP contribution >= 0.6 is 0 Å². The molecule has 0 aromatic heterocycles. The zero-order chi connectivity index (χ0) is 12.1. The Morgan fingerprint density at radius 2 is 1.81 bits per heavy atom. The van der Waals surface area contributed by atoms with Gasteiger partial charge in [-0.1, -0.05) is 5.92 Å². The standard InChI is InChI=1S/C12H17NO3/c1-3-8-13(2)11(14)9-4-6-10(7-5-9)12(15)16/h1,9-10H,4-8H2,2H3,(H,15,16). The summed E-state index contributed by atoms with van der Waals surface area (Å²) in [6.07, 6.45) is 7.64. The Labute approximate surface area is 95.6 Å². The number of terminal acetylenes is 1. The highest BCUT2D eigenvalue weighted by atomic mass is 16.4. The first-order valence-corrected chi connectivity index (χ1v) is 5.47. The summed E-state index contributed by atoms with van der Waals surface area (Å²) in [5.74, 6) is 1.40. The summed E-state index contributed by atoms with van der Waals surface area (Å²) in [5.41, 5.74) is 0. The zero-order valence-electron chi connectivity index (χ0n) is 9.48. The van der Waals surface area contributed by atoms with E-state index in [1.807, 2.05) is 0 Å². The van der Waals surface area contributed by atoms with Crippen molar-refractivity contribution >= 4 is 11.9 Å². The van der Waals surface area contributed by atoms with Crippen molar-refractivity contribution in [3.63, 3.8) is 0 Å². The van der Waals surface area contributed by atoms with E-state index in [-0.39, 0.29) is 17.7 Å². The number of aliphatic carboxylic acids is 1. The third kappa shape index (κ3) is 2.99. The van der Waals surface area contributed by atoms with Crippen molar-refractivity contribution in [1.82, 2.24) is 4.90 Å². The number of hydrogen-bond acceptors (Lipinski definition) is 2. The second-order valence-corrected chi connectivity index (χ2v) is 4.29. The Kier molecular flexibility index (Phi) is 4.36. The van der Waals surface area contributed by atoms with Crippen LogP contribution in [-0.2, 0) is 9.59 Å². The molecule has 0 saturated heterocycles. The van der Waals surface area contributed by atoms with Crippen LogP contribution in [0.15, 0.2) is 0 Å². The Morgan fingerprint density at radius 1 is 1.31 bits per heavy atom. The van der Waals surface area contributed by atoms with Gasteiger partial charge in [0.15, 0.2) is 0 Å². The second-order valence-electron chi connectivity index (χ2n) is 4.29. The van der Waals surface area contributed by atoms with Crippen LogP contribution in [0.2, 0.25) is 0 Å². The lowest BCUT2D eigenvalue weighted by Gasteiger charge is -2.28. The minimum absolute atomic E-state index is 0.0433. The Morgan fingerprint density at radius 3 is 2.25 bits per heavy atom. The largest absolute Gasteiger partial charge is 0.481 e. The number of carbonyl (C=O) groups is 2. The van der Waals surface area contributed by atoms with Crippen LogP contribution in [0.25, 0.3) is 0 Å². The van der Waals surface area contributed by atoms with Gasteiger partial charge in [-0.15, -0.1) is 6.42 Å². The topological polar surface area (TPSA) is 57.6 Å². The summed E-state index contributed by atoms with van der Waals surface area (Å²) in [6.45, 7) is 0.317. The predicted molar refractivity (Wildman–Crippen MR) is 59.6 cm³/mol. The average molecular weight is 223 g/mol. The van der Waals surface area contributed by atoms with Crippen LogP contribution < -0.4 is 0 Å². The molecule has 1 saturated carbocycles. The number of carbonyl (C=O) groups excluding carboxylic acids is 1. The highest BCUT2D eigenvalue weighted by Crippen LogP contribution is 2.29. The molecule has 1 rings (SSSR count). The molecule has 4 heteroatoms. The summed E-state index contributed by atoms with van der Waals surface area (Å²) in [6, 6.07) is 0. The summed E-state index contributed by atoms with van der Waals surface area (Å²) >= 11 is 0. The van der Waals surface area contributed by atoms with Gasteiger partial charge in [0.1, 0.15) is 0 Å². The molecule has 1 amide bonds. The van der Waals surface area contributed by atoms with Crippen LogP contribution in [0.4, 0.5) is 0 Å². The van der Waals surface area contributed by atoms with Crippen molar-refractivity contribution in [2.24, 2.45) is 11.8 Å².